The van der Waals surface area contributed by atoms with Crippen LogP contribution in [0.3, 0.4) is 0 Å². The Morgan fingerprint density at radius 2 is 1.80 bits per heavy atom. The molecule has 0 aliphatic rings. The number of fused-ring (bicyclic) bond motifs is 2. The minimum Gasteiger partial charge on any atom is -0.484 e. The minimum absolute atomic E-state index is 0.175. The van der Waals surface area contributed by atoms with Gasteiger partial charge < -0.3 is 10.1 Å². The molecule has 2 heterocycles. The lowest BCUT2D eigenvalue weighted by molar-refractivity contribution is -0.123. The van der Waals surface area contributed by atoms with E-state index in [4.69, 9.17) is 4.74 Å². The van der Waals surface area contributed by atoms with Crippen LogP contribution in [0.5, 0.6) is 5.75 Å². The van der Waals surface area contributed by atoms with Crippen molar-refractivity contribution >= 4 is 27.7 Å². The highest BCUT2D eigenvalue weighted by atomic mass is 19.1. The number of nitrogens with zero attached hydrogens (tertiary/aromatic N) is 4. The minimum atomic E-state index is -0.373. The van der Waals surface area contributed by atoms with Gasteiger partial charge in [-0.25, -0.2) is 14.1 Å². The lowest BCUT2D eigenvalue weighted by Crippen LogP contribution is -2.31. The summed E-state index contributed by atoms with van der Waals surface area (Å²) >= 11 is 0. The summed E-state index contributed by atoms with van der Waals surface area (Å²) in [6, 6.07) is 19.5. The Morgan fingerprint density at radius 1 is 1.00 bits per heavy atom. The molecule has 1 N–H and O–H groups in total. The molecule has 35 heavy (non-hydrogen) atoms. The summed E-state index contributed by atoms with van der Waals surface area (Å²) in [5.41, 5.74) is 1.32. The smallest absolute Gasteiger partial charge is 0.264 e. The number of aromatic nitrogens is 4. The molecule has 0 aliphatic carbocycles. The van der Waals surface area contributed by atoms with Gasteiger partial charge in [-0.3, -0.25) is 14.2 Å². The fourth-order valence-corrected chi connectivity index (χ4v) is 3.92. The van der Waals surface area contributed by atoms with Gasteiger partial charge in [-0.05, 0) is 40.6 Å². The highest BCUT2D eigenvalue weighted by Gasteiger charge is 2.12. The van der Waals surface area contributed by atoms with Crippen LogP contribution in [0.4, 0.5) is 4.39 Å². The van der Waals surface area contributed by atoms with E-state index in [0.29, 0.717) is 29.9 Å². The van der Waals surface area contributed by atoms with E-state index in [0.717, 1.165) is 16.3 Å². The lowest BCUT2D eigenvalue weighted by Gasteiger charge is -2.10. The summed E-state index contributed by atoms with van der Waals surface area (Å²) in [6.07, 6.45) is 3.03. The Labute approximate surface area is 199 Å². The molecule has 0 unspecified atom stereocenters. The van der Waals surface area contributed by atoms with Crippen molar-refractivity contribution in [3.8, 4) is 5.75 Å². The Balaban J connectivity index is 1.23. The summed E-state index contributed by atoms with van der Waals surface area (Å²) in [7, 11) is 0. The first-order chi connectivity index (χ1) is 17.1. The standard InChI is InChI=1S/C26H22FN5O3/c27-20-8-10-21(11-9-20)35-16-24(33)28-12-13-32-25-23(14-30-32)26(34)31(17-29-25)15-19-6-3-5-18-4-1-2-7-22(18)19/h1-11,14,17H,12-13,15-16H2,(H,28,33). The SMILES string of the molecule is O=C(COc1ccc(F)cc1)NCCn1ncc2c(=O)n(Cc3cccc4ccccc34)cnc21. The largest absolute Gasteiger partial charge is 0.484 e. The Kier molecular flexibility index (Phi) is 6.21. The summed E-state index contributed by atoms with van der Waals surface area (Å²) < 4.78 is 21.4. The van der Waals surface area contributed by atoms with Gasteiger partial charge in [0.25, 0.3) is 11.5 Å². The first kappa shape index (κ1) is 22.3. The first-order valence-corrected chi connectivity index (χ1v) is 11.1. The predicted molar refractivity (Wildman–Crippen MR) is 130 cm³/mol. The van der Waals surface area contributed by atoms with E-state index >= 15 is 0 Å². The maximum Gasteiger partial charge on any atom is 0.264 e. The molecule has 1 amide bonds. The average molecular weight is 471 g/mol. The zero-order valence-corrected chi connectivity index (χ0v) is 18.7. The number of amides is 1. The van der Waals surface area contributed by atoms with Crippen LogP contribution in [-0.2, 0) is 17.9 Å². The van der Waals surface area contributed by atoms with Gasteiger partial charge in [0.1, 0.15) is 23.3 Å². The van der Waals surface area contributed by atoms with E-state index in [1.165, 1.54) is 36.8 Å². The molecule has 8 nitrogen and oxygen atoms in total. The molecule has 0 saturated heterocycles. The third-order valence-corrected chi connectivity index (χ3v) is 5.67. The van der Waals surface area contributed by atoms with Gasteiger partial charge in [0.15, 0.2) is 12.3 Å². The van der Waals surface area contributed by atoms with Gasteiger partial charge in [0, 0.05) is 6.54 Å². The second-order valence-corrected chi connectivity index (χ2v) is 8.01. The number of halogens is 1. The van der Waals surface area contributed by atoms with E-state index in [1.807, 2.05) is 42.5 Å². The second-order valence-electron chi connectivity index (χ2n) is 8.01. The normalized spacial score (nSPS) is 11.1. The number of hydrogen-bond donors (Lipinski definition) is 1. The molecule has 0 saturated carbocycles. The number of hydrogen-bond acceptors (Lipinski definition) is 5. The number of carbonyl (C=O) groups is 1. The van der Waals surface area contributed by atoms with Crippen molar-refractivity contribution in [2.75, 3.05) is 13.2 Å². The van der Waals surface area contributed by atoms with Gasteiger partial charge in [-0.1, -0.05) is 42.5 Å². The summed E-state index contributed by atoms with van der Waals surface area (Å²) in [6.45, 7) is 0.829. The molecule has 0 spiro atoms. The Morgan fingerprint density at radius 3 is 2.66 bits per heavy atom. The molecule has 0 bridgehead atoms. The maximum absolute atomic E-state index is 13.1. The van der Waals surface area contributed by atoms with Crippen LogP contribution in [0.1, 0.15) is 5.56 Å². The summed E-state index contributed by atoms with van der Waals surface area (Å²) in [5.74, 6) is -0.290. The number of nitrogens with one attached hydrogen (secondary N) is 1. The molecular weight excluding hydrogens is 449 g/mol. The van der Waals surface area contributed by atoms with Gasteiger partial charge in [-0.15, -0.1) is 0 Å². The van der Waals surface area contributed by atoms with E-state index in [9.17, 15) is 14.0 Å². The molecule has 0 fully saturated rings. The van der Waals surface area contributed by atoms with Crippen molar-refractivity contribution in [2.24, 2.45) is 0 Å². The highest BCUT2D eigenvalue weighted by Crippen LogP contribution is 2.19. The topological polar surface area (TPSA) is 91.0 Å². The second kappa shape index (κ2) is 9.76. The maximum atomic E-state index is 13.1. The van der Waals surface area contributed by atoms with Crippen molar-refractivity contribution in [1.29, 1.82) is 0 Å². The van der Waals surface area contributed by atoms with Crippen LogP contribution in [0, 0.1) is 5.82 Å². The van der Waals surface area contributed by atoms with E-state index < -0.39 is 0 Å². The van der Waals surface area contributed by atoms with E-state index in [-0.39, 0.29) is 30.4 Å². The third kappa shape index (κ3) is 4.89. The molecular formula is C26H22FN5O3. The molecule has 2 aromatic heterocycles. The molecule has 3 aromatic carbocycles. The molecule has 0 aliphatic heterocycles. The summed E-state index contributed by atoms with van der Waals surface area (Å²) in [4.78, 5) is 29.6. The monoisotopic (exact) mass is 471 g/mol. The molecule has 5 rings (SSSR count). The van der Waals surface area contributed by atoms with Crippen LogP contribution in [0.2, 0.25) is 0 Å². The van der Waals surface area contributed by atoms with E-state index in [1.54, 1.807) is 9.25 Å². The van der Waals surface area contributed by atoms with Crippen molar-refractivity contribution < 1.29 is 13.9 Å². The fraction of sp³-hybridized carbons (Fsp3) is 0.154. The lowest BCUT2D eigenvalue weighted by atomic mass is 10.0. The molecule has 176 valence electrons. The van der Waals surface area contributed by atoms with Crippen LogP contribution < -0.4 is 15.6 Å². The fourth-order valence-electron chi connectivity index (χ4n) is 3.92. The number of ether oxygens (including phenoxy) is 1. The van der Waals surface area contributed by atoms with Crippen molar-refractivity contribution in [3.05, 3.63) is 101 Å². The third-order valence-electron chi connectivity index (χ3n) is 5.67. The van der Waals surface area contributed by atoms with Crippen LogP contribution in [0.15, 0.2) is 84.0 Å². The van der Waals surface area contributed by atoms with Crippen molar-refractivity contribution in [1.82, 2.24) is 24.6 Å². The molecule has 0 radical (unpaired) electrons. The average Bonchev–Trinajstić information content (AvgIpc) is 3.29. The first-order valence-electron chi connectivity index (χ1n) is 11.1. The van der Waals surface area contributed by atoms with Crippen LogP contribution in [0.25, 0.3) is 21.8 Å². The van der Waals surface area contributed by atoms with E-state index in [2.05, 4.69) is 15.4 Å². The van der Waals surface area contributed by atoms with Crippen LogP contribution in [-0.4, -0.2) is 38.4 Å². The molecule has 5 aromatic rings. The Hall–Kier alpha value is -4.53. The molecule has 0 atom stereocenters. The van der Waals surface area contributed by atoms with Crippen molar-refractivity contribution in [2.45, 2.75) is 13.1 Å². The van der Waals surface area contributed by atoms with Gasteiger partial charge in [0.05, 0.1) is 19.3 Å². The number of benzene rings is 3. The van der Waals surface area contributed by atoms with Crippen molar-refractivity contribution in [3.63, 3.8) is 0 Å². The molecule has 9 heteroatoms. The quantitative estimate of drug-likeness (QED) is 0.376. The predicted octanol–water partition coefficient (Wildman–Crippen LogP) is 3.13. The highest BCUT2D eigenvalue weighted by molar-refractivity contribution is 5.85. The summed E-state index contributed by atoms with van der Waals surface area (Å²) in [5, 5.41) is 9.63. The zero-order valence-electron chi connectivity index (χ0n) is 18.7. The van der Waals surface area contributed by atoms with Gasteiger partial charge in [-0.2, -0.15) is 5.10 Å². The van der Waals surface area contributed by atoms with Gasteiger partial charge in [0.2, 0.25) is 0 Å². The van der Waals surface area contributed by atoms with Crippen LogP contribution >= 0.6 is 0 Å². The Bertz CT molecular complexity index is 1550. The van der Waals surface area contributed by atoms with Gasteiger partial charge >= 0.3 is 0 Å². The number of carbonyl (C=O) groups excluding carboxylic acids is 1. The zero-order chi connectivity index (χ0) is 24.2. The number of rotatable bonds is 8.